The predicted octanol–water partition coefficient (Wildman–Crippen LogP) is 4.52. The van der Waals surface area contributed by atoms with Crippen LogP contribution in [0.2, 0.25) is 0 Å². The smallest absolute Gasteiger partial charge is 0.433 e. The molecule has 2 heterocycles. The second-order valence-corrected chi connectivity index (χ2v) is 5.25. The van der Waals surface area contributed by atoms with Crippen LogP contribution in [-0.2, 0) is 6.18 Å². The first kappa shape index (κ1) is 16.6. The summed E-state index contributed by atoms with van der Waals surface area (Å²) in [6.07, 6.45) is 1.36. The Morgan fingerprint density at radius 2 is 1.72 bits per heavy atom. The third-order valence-electron chi connectivity index (χ3n) is 3.54. The van der Waals surface area contributed by atoms with Crippen LogP contribution in [0, 0.1) is 0 Å². The maximum absolute atomic E-state index is 12.5. The molecular weight excluding hydrogens is 333 g/mol. The lowest BCUT2D eigenvalue weighted by Gasteiger charge is -2.05. The van der Waals surface area contributed by atoms with Crippen molar-refractivity contribution in [2.45, 2.75) is 6.18 Å². The number of pyridine rings is 2. The zero-order valence-corrected chi connectivity index (χ0v) is 12.7. The van der Waals surface area contributed by atoms with Gasteiger partial charge in [0, 0.05) is 17.8 Å². The maximum atomic E-state index is 12.5. The van der Waals surface area contributed by atoms with Crippen LogP contribution < -0.4 is 0 Å². The van der Waals surface area contributed by atoms with Gasteiger partial charge in [-0.05, 0) is 35.4 Å². The van der Waals surface area contributed by atoms with Gasteiger partial charge in [0.2, 0.25) is 0 Å². The highest BCUT2D eigenvalue weighted by molar-refractivity contribution is 6.03. The lowest BCUT2D eigenvalue weighted by molar-refractivity contribution is -0.141. The zero-order valence-electron chi connectivity index (χ0n) is 12.7. The van der Waals surface area contributed by atoms with Crippen LogP contribution in [-0.4, -0.2) is 21.0 Å². The van der Waals surface area contributed by atoms with E-state index in [2.05, 4.69) is 9.97 Å². The summed E-state index contributed by atoms with van der Waals surface area (Å²) in [7, 11) is 0. The van der Waals surface area contributed by atoms with Crippen molar-refractivity contribution in [1.29, 1.82) is 0 Å². The van der Waals surface area contributed by atoms with Gasteiger partial charge in [0.1, 0.15) is 5.69 Å². The summed E-state index contributed by atoms with van der Waals surface area (Å²) >= 11 is 0. The number of carboxylic acids is 1. The fourth-order valence-corrected chi connectivity index (χ4v) is 2.32. The molecule has 7 heteroatoms. The SMILES string of the molecule is O=C(O)c1ccnc2ccc(/C=C/c3ccc(C(F)(F)F)nc3)cc12. The van der Waals surface area contributed by atoms with E-state index in [9.17, 15) is 23.1 Å². The molecule has 0 saturated heterocycles. The fourth-order valence-electron chi connectivity index (χ4n) is 2.32. The molecule has 0 aliphatic heterocycles. The van der Waals surface area contributed by atoms with Crippen molar-refractivity contribution in [2.75, 3.05) is 0 Å². The average Bonchev–Trinajstić information content (AvgIpc) is 2.58. The van der Waals surface area contributed by atoms with Gasteiger partial charge in [-0.15, -0.1) is 0 Å². The first-order valence-corrected chi connectivity index (χ1v) is 7.18. The molecule has 1 N–H and O–H groups in total. The summed E-state index contributed by atoms with van der Waals surface area (Å²) in [4.78, 5) is 18.8. The number of alkyl halides is 3. The van der Waals surface area contributed by atoms with Gasteiger partial charge in [0.05, 0.1) is 11.1 Å². The number of benzene rings is 1. The van der Waals surface area contributed by atoms with E-state index in [1.807, 2.05) is 0 Å². The molecule has 4 nitrogen and oxygen atoms in total. The summed E-state index contributed by atoms with van der Waals surface area (Å²) in [6, 6.07) is 8.74. The summed E-state index contributed by atoms with van der Waals surface area (Å²) in [5.74, 6) is -1.06. The third kappa shape index (κ3) is 3.65. The Hall–Kier alpha value is -3.22. The minimum atomic E-state index is -4.47. The van der Waals surface area contributed by atoms with E-state index in [1.165, 1.54) is 18.3 Å². The lowest BCUT2D eigenvalue weighted by Crippen LogP contribution is -2.07. The molecule has 0 spiro atoms. The Morgan fingerprint density at radius 3 is 2.36 bits per heavy atom. The zero-order chi connectivity index (χ0) is 18.0. The van der Waals surface area contributed by atoms with Crippen LogP contribution in [0.5, 0.6) is 0 Å². The van der Waals surface area contributed by atoms with E-state index in [0.29, 0.717) is 22.0 Å². The normalized spacial score (nSPS) is 12.0. The van der Waals surface area contributed by atoms with E-state index in [1.54, 1.807) is 30.4 Å². The largest absolute Gasteiger partial charge is 0.478 e. The van der Waals surface area contributed by atoms with Crippen LogP contribution >= 0.6 is 0 Å². The molecule has 1 aromatic carbocycles. The van der Waals surface area contributed by atoms with Crippen LogP contribution in [0.1, 0.15) is 27.2 Å². The average molecular weight is 344 g/mol. The van der Waals surface area contributed by atoms with Gasteiger partial charge in [-0.25, -0.2) is 4.79 Å². The number of carboxylic acid groups (broad SMARTS) is 1. The van der Waals surface area contributed by atoms with E-state index < -0.39 is 17.8 Å². The Kier molecular flexibility index (Phi) is 4.22. The summed E-state index contributed by atoms with van der Waals surface area (Å²) in [5, 5.41) is 9.72. The first-order valence-electron chi connectivity index (χ1n) is 7.18. The van der Waals surface area contributed by atoms with Gasteiger partial charge in [-0.3, -0.25) is 9.97 Å². The van der Waals surface area contributed by atoms with Crippen molar-refractivity contribution in [1.82, 2.24) is 9.97 Å². The Balaban J connectivity index is 1.91. The number of rotatable bonds is 3. The van der Waals surface area contributed by atoms with Gasteiger partial charge >= 0.3 is 12.1 Å². The number of carbonyl (C=O) groups is 1. The predicted molar refractivity (Wildman–Crippen MR) is 86.9 cm³/mol. The molecule has 0 bridgehead atoms. The molecule has 0 saturated carbocycles. The second-order valence-electron chi connectivity index (χ2n) is 5.25. The molecule has 0 radical (unpaired) electrons. The monoisotopic (exact) mass is 344 g/mol. The molecule has 0 amide bonds. The van der Waals surface area contributed by atoms with Crippen LogP contribution in [0.15, 0.2) is 48.8 Å². The Bertz CT molecular complexity index is 964. The van der Waals surface area contributed by atoms with Gasteiger partial charge in [0.25, 0.3) is 0 Å². The molecule has 126 valence electrons. The summed E-state index contributed by atoms with van der Waals surface area (Å²) in [6.45, 7) is 0. The number of hydrogen-bond acceptors (Lipinski definition) is 3. The molecular formula is C18H11F3N2O2. The van der Waals surface area contributed by atoms with E-state index in [0.717, 1.165) is 12.3 Å². The van der Waals surface area contributed by atoms with Gasteiger partial charge < -0.3 is 5.11 Å². The van der Waals surface area contributed by atoms with Crippen molar-refractivity contribution in [3.05, 3.63) is 71.2 Å². The van der Waals surface area contributed by atoms with Crippen LogP contribution in [0.4, 0.5) is 13.2 Å². The van der Waals surface area contributed by atoms with Crippen molar-refractivity contribution in [2.24, 2.45) is 0 Å². The molecule has 3 aromatic rings. The standard InChI is InChI=1S/C18H11F3N2O2/c19-18(20,21)16-6-4-12(10-23-16)2-1-11-3-5-15-14(9-11)13(17(24)25)7-8-22-15/h1-10H,(H,24,25)/b2-1+. The number of nitrogens with zero attached hydrogens (tertiary/aromatic N) is 2. The highest BCUT2D eigenvalue weighted by atomic mass is 19.4. The number of aromatic carboxylic acids is 1. The Labute approximate surface area is 140 Å². The van der Waals surface area contributed by atoms with E-state index in [-0.39, 0.29) is 5.56 Å². The van der Waals surface area contributed by atoms with Crippen molar-refractivity contribution < 1.29 is 23.1 Å². The molecule has 25 heavy (non-hydrogen) atoms. The number of aromatic nitrogens is 2. The maximum Gasteiger partial charge on any atom is 0.433 e. The van der Waals surface area contributed by atoms with Crippen molar-refractivity contribution in [3.8, 4) is 0 Å². The number of hydrogen-bond donors (Lipinski definition) is 1. The van der Waals surface area contributed by atoms with Gasteiger partial charge in [-0.2, -0.15) is 13.2 Å². The highest BCUT2D eigenvalue weighted by Gasteiger charge is 2.31. The molecule has 0 aliphatic carbocycles. The topological polar surface area (TPSA) is 63.1 Å². The number of halogens is 3. The minimum Gasteiger partial charge on any atom is -0.478 e. The van der Waals surface area contributed by atoms with E-state index in [4.69, 9.17) is 0 Å². The quantitative estimate of drug-likeness (QED) is 0.759. The molecule has 3 rings (SSSR count). The molecule has 0 fully saturated rings. The second kappa shape index (κ2) is 6.35. The molecule has 0 unspecified atom stereocenters. The Morgan fingerprint density at radius 1 is 1.00 bits per heavy atom. The van der Waals surface area contributed by atoms with Gasteiger partial charge in [-0.1, -0.05) is 24.3 Å². The lowest BCUT2D eigenvalue weighted by atomic mass is 10.1. The fraction of sp³-hybridized carbons (Fsp3) is 0.0556. The van der Waals surface area contributed by atoms with E-state index >= 15 is 0 Å². The van der Waals surface area contributed by atoms with Crippen LogP contribution in [0.3, 0.4) is 0 Å². The minimum absolute atomic E-state index is 0.136. The number of fused-ring (bicyclic) bond motifs is 1. The van der Waals surface area contributed by atoms with Crippen molar-refractivity contribution in [3.63, 3.8) is 0 Å². The highest BCUT2D eigenvalue weighted by Crippen LogP contribution is 2.27. The molecule has 0 atom stereocenters. The molecule has 2 aromatic heterocycles. The first-order chi connectivity index (χ1) is 11.8. The van der Waals surface area contributed by atoms with Crippen molar-refractivity contribution >= 4 is 29.0 Å². The summed E-state index contributed by atoms with van der Waals surface area (Å²) < 4.78 is 37.5. The van der Waals surface area contributed by atoms with Gasteiger partial charge in [0.15, 0.2) is 0 Å². The molecule has 0 aliphatic rings. The third-order valence-corrected chi connectivity index (χ3v) is 3.54. The summed E-state index contributed by atoms with van der Waals surface area (Å²) in [5.41, 5.74) is 0.929. The van der Waals surface area contributed by atoms with Crippen LogP contribution in [0.25, 0.3) is 23.1 Å².